The fourth-order valence-electron chi connectivity index (χ4n) is 8.19. The number of esters is 4. The third kappa shape index (κ3) is 12.0. The highest BCUT2D eigenvalue weighted by Gasteiger charge is 2.64. The fraction of sp³-hybridized carbons (Fsp3) is 0.320. The molecule has 2 fully saturated rings. The summed E-state index contributed by atoms with van der Waals surface area (Å²) in [6.07, 6.45) is 0.0820. The molecule has 372 valence electrons. The maximum absolute atomic E-state index is 14.8. The summed E-state index contributed by atoms with van der Waals surface area (Å²) in [6, 6.07) is 19.2. The molecule has 71 heavy (non-hydrogen) atoms. The van der Waals surface area contributed by atoms with Crippen molar-refractivity contribution in [3.8, 4) is 23.0 Å². The van der Waals surface area contributed by atoms with E-state index < -0.39 is 87.6 Å². The van der Waals surface area contributed by atoms with Gasteiger partial charge in [0.15, 0.2) is 23.0 Å². The van der Waals surface area contributed by atoms with Crippen molar-refractivity contribution >= 4 is 71.1 Å². The van der Waals surface area contributed by atoms with E-state index >= 15 is 0 Å². The molecular formula is C50H51N5O15S. The maximum Gasteiger partial charge on any atom is 0.327 e. The van der Waals surface area contributed by atoms with E-state index in [0.29, 0.717) is 5.56 Å². The molecule has 0 aliphatic carbocycles. The maximum atomic E-state index is 14.8. The van der Waals surface area contributed by atoms with E-state index in [9.17, 15) is 53.1 Å². The van der Waals surface area contributed by atoms with E-state index in [4.69, 9.17) is 18.9 Å². The van der Waals surface area contributed by atoms with Crippen molar-refractivity contribution in [3.05, 3.63) is 119 Å². The predicted octanol–water partition coefficient (Wildman–Crippen LogP) is 4.30. The van der Waals surface area contributed by atoms with Crippen molar-refractivity contribution in [1.82, 2.24) is 25.3 Å². The minimum atomic E-state index is -1.36. The summed E-state index contributed by atoms with van der Waals surface area (Å²) in [7, 11) is 1.46. The molecule has 4 aromatic rings. The summed E-state index contributed by atoms with van der Waals surface area (Å²) in [4.78, 5) is 135. The van der Waals surface area contributed by atoms with Crippen LogP contribution in [-0.4, -0.2) is 122 Å². The van der Waals surface area contributed by atoms with Crippen LogP contribution in [0.15, 0.2) is 91.0 Å². The number of nitrogens with one attached hydrogen (secondary N) is 2. The number of carbonyl (C=O) groups is 10. The largest absolute Gasteiger partial charge is 0.480 e. The number of carboxylic acid groups (broad SMARTS) is 1. The van der Waals surface area contributed by atoms with Crippen molar-refractivity contribution in [3.63, 3.8) is 0 Å². The van der Waals surface area contributed by atoms with Crippen LogP contribution in [0, 0.1) is 0 Å². The molecule has 2 heterocycles. The summed E-state index contributed by atoms with van der Waals surface area (Å²) < 4.78 is 20.3. The first-order chi connectivity index (χ1) is 33.6. The first-order valence-corrected chi connectivity index (χ1v) is 23.0. The second-order valence-electron chi connectivity index (χ2n) is 17.0. The number of hydrogen-bond donors (Lipinski definition) is 3. The molecule has 2 aliphatic rings. The Morgan fingerprint density at radius 3 is 1.76 bits per heavy atom. The van der Waals surface area contributed by atoms with Gasteiger partial charge in [-0.3, -0.25) is 43.2 Å². The van der Waals surface area contributed by atoms with Crippen LogP contribution in [0.2, 0.25) is 0 Å². The summed E-state index contributed by atoms with van der Waals surface area (Å²) >= 11 is 1.25. The molecular weight excluding hydrogens is 943 g/mol. The number of fused-ring (bicyclic) bond motifs is 1. The minimum Gasteiger partial charge on any atom is -0.480 e. The van der Waals surface area contributed by atoms with Gasteiger partial charge in [0, 0.05) is 64.7 Å². The zero-order valence-corrected chi connectivity index (χ0v) is 40.5. The Hall–Kier alpha value is -8.07. The number of hydrogen-bond acceptors (Lipinski definition) is 15. The first kappa shape index (κ1) is 52.3. The number of carbonyl (C=O) groups excluding carboxylic acids is 9. The average Bonchev–Trinajstić information content (AvgIpc) is 3.57. The Balaban J connectivity index is 1.29. The van der Waals surface area contributed by atoms with Crippen molar-refractivity contribution < 1.29 is 72.0 Å². The smallest absolute Gasteiger partial charge is 0.327 e. The van der Waals surface area contributed by atoms with Crippen LogP contribution in [0.5, 0.6) is 23.0 Å². The van der Waals surface area contributed by atoms with Crippen LogP contribution in [0.1, 0.15) is 96.2 Å². The van der Waals surface area contributed by atoms with E-state index in [1.165, 1.54) is 76.0 Å². The van der Waals surface area contributed by atoms with E-state index in [0.717, 1.165) is 27.7 Å². The topological polar surface area (TPSA) is 262 Å². The van der Waals surface area contributed by atoms with Gasteiger partial charge in [0.25, 0.3) is 17.7 Å². The van der Waals surface area contributed by atoms with Gasteiger partial charge < -0.3 is 49.4 Å². The summed E-state index contributed by atoms with van der Waals surface area (Å²) in [6.45, 7) is 7.47. The highest BCUT2D eigenvalue weighted by molar-refractivity contribution is 8.01. The Morgan fingerprint density at radius 2 is 1.21 bits per heavy atom. The number of para-hydroxylation sites is 2. The number of nitrogens with zero attached hydrogens (tertiary/aromatic N) is 3. The van der Waals surface area contributed by atoms with E-state index in [2.05, 4.69) is 10.6 Å². The number of carboxylic acids is 1. The van der Waals surface area contributed by atoms with Crippen molar-refractivity contribution in [2.45, 2.75) is 82.8 Å². The SMILES string of the molecule is CC(=O)Oc1cccc(C(=O)N(C)CCCN(Cc2ccccc2C(=O)NC(C(=O)N[C@@H]2C(=O)N3[C@@H]2SC(C)(C)[C@@H]3C(=O)O)c2ccccc2)C(=O)c2cccc(OC(C)=O)c2OC(C)=O)c1OC(C)=O. The highest BCUT2D eigenvalue weighted by atomic mass is 32.2. The van der Waals surface area contributed by atoms with Crippen LogP contribution in [0.4, 0.5) is 0 Å². The molecule has 4 atom stereocenters. The molecule has 0 radical (unpaired) electrons. The van der Waals surface area contributed by atoms with Crippen molar-refractivity contribution in [2.75, 3.05) is 20.1 Å². The predicted molar refractivity (Wildman–Crippen MR) is 253 cm³/mol. The average molecular weight is 994 g/mol. The Bertz CT molecular complexity index is 2800. The van der Waals surface area contributed by atoms with Crippen LogP contribution < -0.4 is 29.6 Å². The molecule has 2 aliphatic heterocycles. The lowest BCUT2D eigenvalue weighted by Gasteiger charge is -2.44. The van der Waals surface area contributed by atoms with Crippen LogP contribution in [0.25, 0.3) is 0 Å². The highest BCUT2D eigenvalue weighted by Crippen LogP contribution is 2.51. The standard InChI is InChI=1S/C50H51N5O15S/c1-27(56)67-36-22-13-20-34(40(36)69-29(3)58)45(62)53(7)24-15-25-54(46(63)35-21-14-23-37(68-28(2)57)41(35)70-30(4)59)26-32-18-11-12-19-33(32)43(60)51-38(31-16-9-8-10-17-31)44(61)52-39-47(64)55-42(49(65)66)50(5,6)71-48(39)55/h8-14,16-23,38-39,42,48H,15,24-26H2,1-7H3,(H,51,60)(H,52,61)(H,65,66)/t38?,39-,42+,48-/m1/s1. The normalized spacial score (nSPS) is 16.7. The Labute approximate surface area is 411 Å². The molecule has 0 saturated carbocycles. The molecule has 21 heteroatoms. The molecule has 0 aromatic heterocycles. The number of thioether (sulfide) groups is 1. The van der Waals surface area contributed by atoms with E-state index in [1.54, 1.807) is 62.4 Å². The fourth-order valence-corrected chi connectivity index (χ4v) is 9.81. The second-order valence-corrected chi connectivity index (χ2v) is 18.8. The number of rotatable bonds is 18. The van der Waals surface area contributed by atoms with Gasteiger partial charge in [-0.05, 0) is 61.7 Å². The number of aliphatic carboxylic acids is 1. The van der Waals surface area contributed by atoms with Gasteiger partial charge in [-0.1, -0.05) is 60.7 Å². The summed E-state index contributed by atoms with van der Waals surface area (Å²) in [5, 5.41) is 14.7. The Kier molecular flexibility index (Phi) is 16.3. The molecule has 0 bridgehead atoms. The molecule has 6 rings (SSSR count). The molecule has 20 nitrogen and oxygen atoms in total. The lowest BCUT2D eigenvalue weighted by molar-refractivity contribution is -0.161. The van der Waals surface area contributed by atoms with Gasteiger partial charge in [0.1, 0.15) is 23.5 Å². The molecule has 2 saturated heterocycles. The quantitative estimate of drug-likeness (QED) is 0.0713. The number of β-lactam (4-membered cyclic amide) rings is 1. The van der Waals surface area contributed by atoms with Gasteiger partial charge in [-0.15, -0.1) is 11.8 Å². The zero-order valence-electron chi connectivity index (χ0n) is 39.7. The number of ether oxygens (including phenoxy) is 4. The minimum absolute atomic E-state index is 0.0186. The third-order valence-electron chi connectivity index (χ3n) is 11.2. The van der Waals surface area contributed by atoms with Gasteiger partial charge >= 0.3 is 29.8 Å². The van der Waals surface area contributed by atoms with Gasteiger partial charge in [0.2, 0.25) is 11.8 Å². The van der Waals surface area contributed by atoms with E-state index in [-0.39, 0.29) is 71.3 Å². The summed E-state index contributed by atoms with van der Waals surface area (Å²) in [5.74, 6) is -8.70. The van der Waals surface area contributed by atoms with E-state index in [1.807, 2.05) is 0 Å². The van der Waals surface area contributed by atoms with Gasteiger partial charge in [-0.2, -0.15) is 0 Å². The third-order valence-corrected chi connectivity index (χ3v) is 12.8. The van der Waals surface area contributed by atoms with Crippen molar-refractivity contribution in [2.24, 2.45) is 0 Å². The van der Waals surface area contributed by atoms with Crippen molar-refractivity contribution in [1.29, 1.82) is 0 Å². The van der Waals surface area contributed by atoms with Gasteiger partial charge in [-0.25, -0.2) is 4.79 Å². The summed E-state index contributed by atoms with van der Waals surface area (Å²) in [5.41, 5.74) is 0.389. The molecule has 0 spiro atoms. The van der Waals surface area contributed by atoms with Crippen LogP contribution in [0.3, 0.4) is 0 Å². The molecule has 4 aromatic carbocycles. The molecule has 1 unspecified atom stereocenters. The van der Waals surface area contributed by atoms with Crippen LogP contribution >= 0.6 is 11.8 Å². The second kappa shape index (κ2) is 22.1. The lowest BCUT2D eigenvalue weighted by Crippen LogP contribution is -2.71. The molecule has 3 N–H and O–H groups in total. The lowest BCUT2D eigenvalue weighted by atomic mass is 9.95. The monoisotopic (exact) mass is 993 g/mol. The Morgan fingerprint density at radius 1 is 0.690 bits per heavy atom. The zero-order chi connectivity index (χ0) is 51.9. The first-order valence-electron chi connectivity index (χ1n) is 22.1. The van der Waals surface area contributed by atoms with Crippen LogP contribution in [-0.2, 0) is 40.1 Å². The molecule has 5 amide bonds. The number of benzene rings is 4. The number of amides is 5. The van der Waals surface area contributed by atoms with Gasteiger partial charge in [0.05, 0.1) is 11.1 Å².